The quantitative estimate of drug-likeness (QED) is 0.140. The lowest BCUT2D eigenvalue weighted by molar-refractivity contribution is 0.0952. The summed E-state index contributed by atoms with van der Waals surface area (Å²) in [5.74, 6) is 3.15. The molecule has 0 aliphatic rings. The van der Waals surface area contributed by atoms with E-state index in [9.17, 15) is 4.79 Å². The lowest BCUT2D eigenvalue weighted by Gasteiger charge is -2.14. The summed E-state index contributed by atoms with van der Waals surface area (Å²) < 4.78 is 24.3. The van der Waals surface area contributed by atoms with E-state index in [0.29, 0.717) is 36.0 Å². The molecule has 3 aromatic carbocycles. The first kappa shape index (κ1) is 31.0. The fourth-order valence-corrected chi connectivity index (χ4v) is 5.05. The number of para-hydroxylation sites is 2. The Balaban J connectivity index is 1.24. The summed E-state index contributed by atoms with van der Waals surface area (Å²) in [4.78, 5) is 17.7. The molecule has 9 heteroatoms. The molecule has 0 unspecified atom stereocenters. The zero-order chi connectivity index (χ0) is 29.9. The lowest BCUT2D eigenvalue weighted by Crippen LogP contribution is -2.24. The van der Waals surface area contributed by atoms with Crippen LogP contribution in [0.2, 0.25) is 5.02 Å². The minimum atomic E-state index is -0.175. The number of carbonyl (C=O) groups excluding carboxylic acids is 1. The molecule has 1 aromatic heterocycles. The van der Waals surface area contributed by atoms with Crippen molar-refractivity contribution in [3.8, 4) is 23.0 Å². The van der Waals surface area contributed by atoms with Gasteiger partial charge in [-0.3, -0.25) is 4.79 Å². The third-order valence-corrected chi connectivity index (χ3v) is 7.62. The maximum absolute atomic E-state index is 12.7. The number of unbranched alkanes of at least 4 members (excludes halogenated alkanes) is 3. The minimum Gasteiger partial charge on any atom is -0.494 e. The normalized spacial score (nSPS) is 11.0. The summed E-state index contributed by atoms with van der Waals surface area (Å²) in [6.45, 7) is 4.11. The van der Waals surface area contributed by atoms with E-state index >= 15 is 0 Å². The van der Waals surface area contributed by atoms with Gasteiger partial charge in [0.1, 0.15) is 11.6 Å². The van der Waals surface area contributed by atoms with E-state index in [0.717, 1.165) is 72.7 Å². The molecule has 0 aliphatic heterocycles. The number of carbonyl (C=O) groups is 1. The van der Waals surface area contributed by atoms with Crippen molar-refractivity contribution in [2.24, 2.45) is 0 Å². The highest BCUT2D eigenvalue weighted by atomic mass is 35.5. The van der Waals surface area contributed by atoms with E-state index in [1.54, 1.807) is 12.1 Å². The van der Waals surface area contributed by atoms with Gasteiger partial charge < -0.3 is 28.8 Å². The Hall–Kier alpha value is -3.91. The van der Waals surface area contributed by atoms with Crippen LogP contribution in [0.3, 0.4) is 0 Å². The summed E-state index contributed by atoms with van der Waals surface area (Å²) in [7, 11) is 4.60. The number of nitrogens with zero attached hydrogens (tertiary/aromatic N) is 2. The molecular formula is C33H40ClN3O5. The van der Waals surface area contributed by atoms with Gasteiger partial charge in [0.15, 0.2) is 11.5 Å². The number of methoxy groups -OCH3 is 3. The summed E-state index contributed by atoms with van der Waals surface area (Å²) in [5.41, 5.74) is 3.67. The van der Waals surface area contributed by atoms with Crippen molar-refractivity contribution in [3.63, 3.8) is 0 Å². The average Bonchev–Trinajstić information content (AvgIpc) is 3.36. The average molecular weight is 594 g/mol. The maximum Gasteiger partial charge on any atom is 0.251 e. The highest BCUT2D eigenvalue weighted by Crippen LogP contribution is 2.38. The van der Waals surface area contributed by atoms with Gasteiger partial charge >= 0.3 is 0 Å². The SMILES string of the molecule is COc1cc(C(=O)NCCCCCc2nc3ccccc3n2CCCCOc2ccc(Cl)c(C)c2)cc(OC)c1OC. The number of benzene rings is 3. The van der Waals surface area contributed by atoms with Crippen LogP contribution >= 0.6 is 11.6 Å². The molecule has 224 valence electrons. The number of hydrogen-bond donors (Lipinski definition) is 1. The largest absolute Gasteiger partial charge is 0.494 e. The number of halogens is 1. The number of imidazole rings is 1. The van der Waals surface area contributed by atoms with E-state index in [-0.39, 0.29) is 5.91 Å². The van der Waals surface area contributed by atoms with Crippen LogP contribution in [-0.4, -0.2) is 49.9 Å². The van der Waals surface area contributed by atoms with Gasteiger partial charge in [0.25, 0.3) is 5.91 Å². The molecule has 0 radical (unpaired) electrons. The molecule has 0 atom stereocenters. The van der Waals surface area contributed by atoms with E-state index < -0.39 is 0 Å². The molecule has 4 rings (SSSR count). The Morgan fingerprint density at radius 3 is 2.38 bits per heavy atom. The number of hydrogen-bond acceptors (Lipinski definition) is 6. The van der Waals surface area contributed by atoms with Crippen LogP contribution in [0.15, 0.2) is 54.6 Å². The van der Waals surface area contributed by atoms with Gasteiger partial charge in [-0.25, -0.2) is 4.98 Å². The van der Waals surface area contributed by atoms with Gasteiger partial charge in [0.2, 0.25) is 5.75 Å². The van der Waals surface area contributed by atoms with Crippen molar-refractivity contribution >= 4 is 28.5 Å². The van der Waals surface area contributed by atoms with Gasteiger partial charge in [-0.05, 0) is 80.6 Å². The van der Waals surface area contributed by atoms with Gasteiger partial charge in [-0.15, -0.1) is 0 Å². The van der Waals surface area contributed by atoms with Crippen molar-refractivity contribution in [2.75, 3.05) is 34.5 Å². The molecule has 8 nitrogen and oxygen atoms in total. The van der Waals surface area contributed by atoms with Gasteiger partial charge in [-0.2, -0.15) is 0 Å². The number of aromatic nitrogens is 2. The van der Waals surface area contributed by atoms with Crippen molar-refractivity contribution in [1.29, 1.82) is 0 Å². The van der Waals surface area contributed by atoms with E-state index in [1.165, 1.54) is 26.8 Å². The van der Waals surface area contributed by atoms with Crippen LogP contribution in [-0.2, 0) is 13.0 Å². The molecule has 4 aromatic rings. The number of rotatable bonds is 16. The van der Waals surface area contributed by atoms with E-state index in [2.05, 4.69) is 28.1 Å². The first-order chi connectivity index (χ1) is 20.4. The number of ether oxygens (including phenoxy) is 4. The van der Waals surface area contributed by atoms with Crippen LogP contribution in [0.25, 0.3) is 11.0 Å². The Kier molecular flexibility index (Phi) is 11.3. The molecule has 0 aliphatic carbocycles. The minimum absolute atomic E-state index is 0.175. The molecule has 1 heterocycles. The Morgan fingerprint density at radius 1 is 0.905 bits per heavy atom. The second-order valence-electron chi connectivity index (χ2n) is 10.1. The second-order valence-corrected chi connectivity index (χ2v) is 10.5. The molecule has 0 fully saturated rings. The summed E-state index contributed by atoms with van der Waals surface area (Å²) >= 11 is 6.12. The molecule has 42 heavy (non-hydrogen) atoms. The lowest BCUT2D eigenvalue weighted by atomic mass is 10.1. The Morgan fingerprint density at radius 2 is 1.67 bits per heavy atom. The van der Waals surface area contributed by atoms with E-state index in [4.69, 9.17) is 35.5 Å². The smallest absolute Gasteiger partial charge is 0.251 e. The van der Waals surface area contributed by atoms with Crippen LogP contribution in [0.1, 0.15) is 53.8 Å². The third kappa shape index (κ3) is 7.88. The van der Waals surface area contributed by atoms with Gasteiger partial charge in [-0.1, -0.05) is 30.2 Å². The van der Waals surface area contributed by atoms with Crippen molar-refractivity contribution in [3.05, 3.63) is 76.6 Å². The topological polar surface area (TPSA) is 83.8 Å². The number of nitrogens with one attached hydrogen (secondary N) is 1. The predicted octanol–water partition coefficient (Wildman–Crippen LogP) is 7.03. The standard InChI is InChI=1S/C33H40ClN3O5/c1-23-20-25(15-16-26(23)34)42-19-11-10-18-37-28-13-8-7-12-27(28)36-31(37)14-6-5-9-17-35-33(38)24-21-29(39-2)32(41-4)30(22-24)40-3/h7-8,12-13,15-16,20-22H,5-6,9-11,14,17-19H2,1-4H3,(H,35,38). The number of aryl methyl sites for hydroxylation is 3. The molecule has 0 spiro atoms. The highest BCUT2D eigenvalue weighted by Gasteiger charge is 2.17. The summed E-state index contributed by atoms with van der Waals surface area (Å²) in [6.07, 6.45) is 5.66. The van der Waals surface area contributed by atoms with Crippen LogP contribution in [0.4, 0.5) is 0 Å². The Bertz CT molecular complexity index is 1460. The molecule has 0 saturated carbocycles. The van der Waals surface area contributed by atoms with Crippen LogP contribution in [0.5, 0.6) is 23.0 Å². The van der Waals surface area contributed by atoms with Gasteiger partial charge in [0.05, 0.1) is 39.0 Å². The Labute approximate surface area is 252 Å². The maximum atomic E-state index is 12.7. The first-order valence-corrected chi connectivity index (χ1v) is 14.7. The zero-order valence-electron chi connectivity index (χ0n) is 24.9. The number of fused-ring (bicyclic) bond motifs is 1. The molecular weight excluding hydrogens is 554 g/mol. The molecule has 0 bridgehead atoms. The molecule has 0 saturated heterocycles. The monoisotopic (exact) mass is 593 g/mol. The van der Waals surface area contributed by atoms with E-state index in [1.807, 2.05) is 31.2 Å². The van der Waals surface area contributed by atoms with Crippen LogP contribution < -0.4 is 24.3 Å². The predicted molar refractivity (Wildman–Crippen MR) is 167 cm³/mol. The van der Waals surface area contributed by atoms with Crippen molar-refractivity contribution in [1.82, 2.24) is 14.9 Å². The van der Waals surface area contributed by atoms with Crippen molar-refractivity contribution in [2.45, 2.75) is 52.0 Å². The third-order valence-electron chi connectivity index (χ3n) is 7.20. The first-order valence-electron chi connectivity index (χ1n) is 14.4. The summed E-state index contributed by atoms with van der Waals surface area (Å²) in [6, 6.07) is 17.4. The summed E-state index contributed by atoms with van der Waals surface area (Å²) in [5, 5.41) is 3.75. The van der Waals surface area contributed by atoms with Gasteiger partial charge in [0, 0.05) is 30.1 Å². The molecule has 1 N–H and O–H groups in total. The van der Waals surface area contributed by atoms with Crippen molar-refractivity contribution < 1.29 is 23.7 Å². The second kappa shape index (κ2) is 15.4. The fraction of sp³-hybridized carbons (Fsp3) is 0.394. The number of amides is 1. The van der Waals surface area contributed by atoms with Crippen LogP contribution in [0, 0.1) is 6.92 Å². The molecule has 1 amide bonds. The fourth-order valence-electron chi connectivity index (χ4n) is 4.94. The zero-order valence-corrected chi connectivity index (χ0v) is 25.6. The highest BCUT2D eigenvalue weighted by molar-refractivity contribution is 6.31.